The largest absolute Gasteiger partial charge is 0.481 e. The summed E-state index contributed by atoms with van der Waals surface area (Å²) in [5, 5.41) is 29.5. The molecule has 20 nitrogen and oxygen atoms in total. The summed E-state index contributed by atoms with van der Waals surface area (Å²) in [5.74, 6) is -14.5. The van der Waals surface area contributed by atoms with Crippen molar-refractivity contribution in [2.75, 3.05) is 31.2 Å². The Labute approximate surface area is 291 Å². The Morgan fingerprint density at radius 3 is 2.27 bits per heavy atom. The van der Waals surface area contributed by atoms with E-state index in [1.165, 1.54) is 18.3 Å². The number of H-pyrrole nitrogens is 1. The van der Waals surface area contributed by atoms with E-state index in [0.29, 0.717) is 11.4 Å². The van der Waals surface area contributed by atoms with Gasteiger partial charge >= 0.3 is 17.9 Å². The fraction of sp³-hybridized carbons (Fsp3) is 0.367. The van der Waals surface area contributed by atoms with E-state index < -0.39 is 97.0 Å². The van der Waals surface area contributed by atoms with Crippen LogP contribution in [0.3, 0.4) is 0 Å². The summed E-state index contributed by atoms with van der Waals surface area (Å²) < 4.78 is 27.6. The molecule has 0 bridgehead atoms. The zero-order valence-electron chi connectivity index (χ0n) is 27.3. The summed E-state index contributed by atoms with van der Waals surface area (Å²) in [7, 11) is 0.932. The molecule has 1 aromatic carbocycles. The van der Waals surface area contributed by atoms with Gasteiger partial charge in [0.15, 0.2) is 16.9 Å². The highest BCUT2D eigenvalue weighted by Crippen LogP contribution is 2.16. The highest BCUT2D eigenvalue weighted by Gasteiger charge is 2.39. The maximum atomic E-state index is 13.8. The normalized spacial score (nSPS) is 12.2. The first-order valence-corrected chi connectivity index (χ1v) is 15.3. The first-order valence-electron chi connectivity index (χ1n) is 15.3. The number of rotatable bonds is 19. The van der Waals surface area contributed by atoms with Crippen molar-refractivity contribution in [3.63, 3.8) is 0 Å². The predicted molar refractivity (Wildman–Crippen MR) is 175 cm³/mol. The summed E-state index contributed by atoms with van der Waals surface area (Å²) in [6, 6.07) is 4.39. The van der Waals surface area contributed by atoms with Crippen LogP contribution in [0, 0.1) is 5.92 Å². The smallest absolute Gasteiger partial charge is 0.341 e. The number of ketones is 1. The minimum atomic E-state index is -4.05. The van der Waals surface area contributed by atoms with Gasteiger partial charge in [0.25, 0.3) is 17.4 Å². The average molecular weight is 733 g/mol. The lowest BCUT2D eigenvalue weighted by Crippen LogP contribution is -2.49. The first-order chi connectivity index (χ1) is 24.5. The summed E-state index contributed by atoms with van der Waals surface area (Å²) in [4.78, 5) is 111. The molecule has 0 saturated heterocycles. The first kappa shape index (κ1) is 39.8. The number of nitrogens with one attached hydrogen (secondary N) is 6. The van der Waals surface area contributed by atoms with Crippen LogP contribution in [0.25, 0.3) is 11.2 Å². The number of carbonyl (C=O) groups excluding carboxylic acids is 5. The van der Waals surface area contributed by atoms with E-state index in [2.05, 4.69) is 35.9 Å². The maximum Gasteiger partial charge on any atom is 0.341 e. The third-order valence-corrected chi connectivity index (χ3v) is 7.13. The van der Waals surface area contributed by atoms with Crippen LogP contribution in [-0.2, 0) is 35.3 Å². The number of hydrogen-bond acceptors (Lipinski definition) is 13. The molecule has 0 aliphatic rings. The van der Waals surface area contributed by atoms with E-state index in [0.717, 1.165) is 7.05 Å². The van der Waals surface area contributed by atoms with Gasteiger partial charge < -0.3 is 42.5 Å². The molecule has 2 aromatic heterocycles. The van der Waals surface area contributed by atoms with Gasteiger partial charge in [0, 0.05) is 37.7 Å². The fourth-order valence-electron chi connectivity index (χ4n) is 4.53. The molecule has 2 atom stereocenters. The van der Waals surface area contributed by atoms with Crippen LogP contribution in [0.15, 0.2) is 35.3 Å². The van der Waals surface area contributed by atoms with Gasteiger partial charge in [-0.2, -0.15) is 13.8 Å². The number of carboxylic acids is 2. The Morgan fingerprint density at radius 1 is 0.962 bits per heavy atom. The second-order valence-electron chi connectivity index (χ2n) is 11.1. The van der Waals surface area contributed by atoms with Crippen molar-refractivity contribution < 1.29 is 52.6 Å². The maximum absolute atomic E-state index is 13.8. The molecule has 3 rings (SSSR count). The van der Waals surface area contributed by atoms with E-state index in [4.69, 9.17) is 10.8 Å². The van der Waals surface area contributed by atoms with E-state index in [1.54, 1.807) is 22.8 Å². The molecule has 0 spiro atoms. The number of nitrogens with zero attached hydrogens (tertiary/aromatic N) is 3. The number of nitrogens with two attached hydrogens (primary N) is 1. The predicted octanol–water partition coefficient (Wildman–Crippen LogP) is -1.47. The highest BCUT2D eigenvalue weighted by atomic mass is 19.3. The Hall–Kier alpha value is -6.61. The molecule has 2 heterocycles. The number of anilines is 2. The van der Waals surface area contributed by atoms with E-state index >= 15 is 0 Å². The van der Waals surface area contributed by atoms with Crippen molar-refractivity contribution in [3.05, 3.63) is 52.1 Å². The number of alkyl halides is 2. The number of halogens is 2. The van der Waals surface area contributed by atoms with Gasteiger partial charge in [-0.25, -0.2) is 9.97 Å². The topological polar surface area (TPSA) is 318 Å². The number of aromatic amines is 1. The minimum Gasteiger partial charge on any atom is -0.481 e. The van der Waals surface area contributed by atoms with Crippen molar-refractivity contribution in [1.29, 1.82) is 0 Å². The molecular formula is C30H34F2N10O10. The Balaban J connectivity index is 1.51. The molecule has 0 radical (unpaired) electrons. The van der Waals surface area contributed by atoms with Gasteiger partial charge in [-0.3, -0.25) is 43.3 Å². The molecule has 0 aliphatic heterocycles. The van der Waals surface area contributed by atoms with Crippen LogP contribution < -0.4 is 37.9 Å². The lowest BCUT2D eigenvalue weighted by molar-refractivity contribution is -0.147. The number of aromatic nitrogens is 4. The van der Waals surface area contributed by atoms with Crippen molar-refractivity contribution in [3.8, 4) is 0 Å². The second kappa shape index (κ2) is 17.9. The number of fused-ring (bicyclic) bond motifs is 1. The quantitative estimate of drug-likeness (QED) is 0.0680. The van der Waals surface area contributed by atoms with Crippen LogP contribution in [0.5, 0.6) is 0 Å². The third kappa shape index (κ3) is 11.8. The lowest BCUT2D eigenvalue weighted by Gasteiger charge is -2.21. The number of amides is 4. The number of benzene rings is 1. The molecule has 10 N–H and O–H groups in total. The van der Waals surface area contributed by atoms with Gasteiger partial charge in [0.2, 0.25) is 17.8 Å². The van der Waals surface area contributed by atoms with E-state index in [9.17, 15) is 52.2 Å². The zero-order valence-corrected chi connectivity index (χ0v) is 27.3. The number of hydrogen-bond donors (Lipinski definition) is 9. The molecule has 0 unspecified atom stereocenters. The summed E-state index contributed by atoms with van der Waals surface area (Å²) in [6.07, 6.45) is -1.90. The van der Waals surface area contributed by atoms with Crippen molar-refractivity contribution >= 4 is 64.2 Å². The Kier molecular flexibility index (Phi) is 13.7. The fourth-order valence-corrected chi connectivity index (χ4v) is 4.53. The molecule has 4 amide bonds. The van der Waals surface area contributed by atoms with Gasteiger partial charge in [-0.15, -0.1) is 0 Å². The van der Waals surface area contributed by atoms with Crippen LogP contribution in [-0.4, -0.2) is 104 Å². The van der Waals surface area contributed by atoms with Crippen molar-refractivity contribution in [2.45, 2.75) is 44.2 Å². The van der Waals surface area contributed by atoms with Gasteiger partial charge in [0.05, 0.1) is 49.8 Å². The molecule has 0 fully saturated rings. The van der Waals surface area contributed by atoms with Gasteiger partial charge in [-0.1, -0.05) is 0 Å². The summed E-state index contributed by atoms with van der Waals surface area (Å²) in [5.41, 5.74) is 6.27. The molecular weight excluding hydrogens is 698 g/mol. The number of Topliss-reactive ketones (excluding diaryl/α,β-unsaturated/α-hetero) is 1. The standard InChI is InChI=1S/C30H34F2N10O10/c1-34-28(52)30(31,32)13-38-26(50)15(9-21(45)46)8-19(43)18(10-22(47)48)40-20(44)6-7-35-25(49)14-2-4-16(5-3-14)36-11-17-12-37-24-23(39-17)27(51)42-29(33)41-24/h2-5,12,15,18,36H,6-11,13H2,1H3,(H,34,52)(H,35,49)(H,38,50)(H,40,44)(H,45,46)(H,47,48)(H3,33,37,41,42,51)/t15-,18-/m0/s1. The summed E-state index contributed by atoms with van der Waals surface area (Å²) >= 11 is 0. The number of carbonyl (C=O) groups is 7. The minimum absolute atomic E-state index is 0.00984. The highest BCUT2D eigenvalue weighted by molar-refractivity contribution is 5.96. The number of aliphatic carboxylic acids is 2. The Bertz CT molecular complexity index is 1910. The van der Waals surface area contributed by atoms with Crippen LogP contribution >= 0.6 is 0 Å². The zero-order chi connectivity index (χ0) is 38.6. The molecule has 278 valence electrons. The summed E-state index contributed by atoms with van der Waals surface area (Å²) in [6.45, 7) is -1.58. The van der Waals surface area contributed by atoms with E-state index in [-0.39, 0.29) is 35.8 Å². The van der Waals surface area contributed by atoms with Crippen molar-refractivity contribution in [1.82, 2.24) is 41.2 Å². The molecule has 0 saturated carbocycles. The van der Waals surface area contributed by atoms with Crippen LogP contribution in [0.2, 0.25) is 0 Å². The lowest BCUT2D eigenvalue weighted by atomic mass is 9.93. The SMILES string of the molecule is CNC(=O)C(F)(F)CNC(=O)[C@H](CC(=O)O)CC(=O)[C@H](CC(=O)O)NC(=O)CCNC(=O)c1ccc(NCc2cnc3nc(N)[nH]c(=O)c3n2)cc1. The Morgan fingerprint density at radius 2 is 1.63 bits per heavy atom. The third-order valence-electron chi connectivity index (χ3n) is 7.13. The molecule has 52 heavy (non-hydrogen) atoms. The second-order valence-corrected chi connectivity index (χ2v) is 11.1. The molecule has 3 aromatic rings. The van der Waals surface area contributed by atoms with Crippen LogP contribution in [0.1, 0.15) is 41.7 Å². The molecule has 22 heteroatoms. The van der Waals surface area contributed by atoms with Crippen molar-refractivity contribution in [2.24, 2.45) is 5.92 Å². The monoisotopic (exact) mass is 732 g/mol. The van der Waals surface area contributed by atoms with E-state index in [1.807, 2.05) is 0 Å². The average Bonchev–Trinajstić information content (AvgIpc) is 3.08. The van der Waals surface area contributed by atoms with Gasteiger partial charge in [0.1, 0.15) is 0 Å². The van der Waals surface area contributed by atoms with Gasteiger partial charge in [-0.05, 0) is 24.3 Å². The number of carboxylic acid groups (broad SMARTS) is 2. The molecule has 0 aliphatic carbocycles. The number of nitrogen functional groups attached to an aromatic ring is 1. The van der Waals surface area contributed by atoms with Crippen LogP contribution in [0.4, 0.5) is 20.4 Å².